The molecule has 1 saturated heterocycles. The van der Waals surface area contributed by atoms with Gasteiger partial charge in [0.1, 0.15) is 4.32 Å². The van der Waals surface area contributed by atoms with Crippen molar-refractivity contribution in [2.24, 2.45) is 5.92 Å². The van der Waals surface area contributed by atoms with Crippen molar-refractivity contribution in [1.29, 1.82) is 0 Å². The lowest BCUT2D eigenvalue weighted by atomic mass is 10.1. The summed E-state index contributed by atoms with van der Waals surface area (Å²) in [7, 11) is 0. The lowest BCUT2D eigenvalue weighted by Gasteiger charge is -2.18. The lowest BCUT2D eigenvalue weighted by Crippen LogP contribution is -2.32. The molecule has 0 radical (unpaired) electrons. The van der Waals surface area contributed by atoms with Crippen molar-refractivity contribution >= 4 is 63.0 Å². The van der Waals surface area contributed by atoms with Gasteiger partial charge in [-0.3, -0.25) is 14.5 Å². The van der Waals surface area contributed by atoms with Crippen LogP contribution in [0.3, 0.4) is 0 Å². The number of thiocarbonyl (C=S) groups is 1. The van der Waals surface area contributed by atoms with E-state index in [0.29, 0.717) is 32.9 Å². The Morgan fingerprint density at radius 1 is 1.00 bits per heavy atom. The summed E-state index contributed by atoms with van der Waals surface area (Å²) in [4.78, 5) is 30.2. The first-order chi connectivity index (χ1) is 13.9. The average molecular weight is 443 g/mol. The maximum absolute atomic E-state index is 13.4. The van der Waals surface area contributed by atoms with Crippen molar-refractivity contribution in [3.05, 3.63) is 69.6 Å². The average Bonchev–Trinajstić information content (AvgIpc) is 3.11. The summed E-state index contributed by atoms with van der Waals surface area (Å²) in [5.74, 6) is -0.104. The summed E-state index contributed by atoms with van der Waals surface area (Å²) in [5, 5.41) is 0.606. The minimum atomic E-state index is -0.198. The van der Waals surface area contributed by atoms with E-state index in [9.17, 15) is 9.59 Å². The van der Waals surface area contributed by atoms with Crippen LogP contribution in [-0.2, 0) is 16.1 Å². The van der Waals surface area contributed by atoms with Gasteiger partial charge in [0.15, 0.2) is 0 Å². The van der Waals surface area contributed by atoms with Crippen molar-refractivity contribution in [1.82, 2.24) is 4.90 Å². The number of rotatable bonds is 4. The highest BCUT2D eigenvalue weighted by atomic mass is 35.5. The van der Waals surface area contributed by atoms with Gasteiger partial charge in [-0.1, -0.05) is 85.8 Å². The van der Waals surface area contributed by atoms with Crippen molar-refractivity contribution in [2.75, 3.05) is 11.4 Å². The Kier molecular flexibility index (Phi) is 5.51. The number of amides is 2. The molecule has 2 aromatic rings. The molecule has 0 saturated carbocycles. The molecule has 0 atom stereocenters. The third-order valence-corrected chi connectivity index (χ3v) is 6.65. The molecule has 7 heteroatoms. The molecule has 2 aliphatic rings. The van der Waals surface area contributed by atoms with E-state index in [2.05, 4.69) is 0 Å². The number of para-hydroxylation sites is 1. The predicted octanol–water partition coefficient (Wildman–Crippen LogP) is 5.11. The molecule has 2 heterocycles. The Hall–Kier alpha value is -2.15. The van der Waals surface area contributed by atoms with Crippen LogP contribution in [0.2, 0.25) is 5.02 Å². The largest absolute Gasteiger partial charge is 0.303 e. The number of anilines is 1. The van der Waals surface area contributed by atoms with Crippen LogP contribution in [0.5, 0.6) is 0 Å². The first kappa shape index (κ1) is 20.1. The molecule has 0 N–H and O–H groups in total. The van der Waals surface area contributed by atoms with E-state index in [4.69, 9.17) is 23.8 Å². The Balaban J connectivity index is 1.77. The molecule has 2 aliphatic heterocycles. The van der Waals surface area contributed by atoms with E-state index in [0.717, 1.165) is 16.8 Å². The maximum atomic E-state index is 13.4. The van der Waals surface area contributed by atoms with Gasteiger partial charge in [0, 0.05) is 17.1 Å². The van der Waals surface area contributed by atoms with Crippen LogP contribution in [0.4, 0.5) is 5.69 Å². The van der Waals surface area contributed by atoms with Crippen LogP contribution in [-0.4, -0.2) is 27.6 Å². The fraction of sp³-hybridized carbons (Fsp3) is 0.227. The molecule has 1 fully saturated rings. The summed E-state index contributed by atoms with van der Waals surface area (Å²) in [6.07, 6.45) is 0. The molecule has 0 spiro atoms. The Morgan fingerprint density at radius 2 is 1.69 bits per heavy atom. The van der Waals surface area contributed by atoms with E-state index in [1.54, 1.807) is 15.9 Å². The van der Waals surface area contributed by atoms with Gasteiger partial charge < -0.3 is 4.90 Å². The van der Waals surface area contributed by atoms with Crippen LogP contribution in [0, 0.1) is 5.92 Å². The highest BCUT2D eigenvalue weighted by Gasteiger charge is 2.42. The summed E-state index contributed by atoms with van der Waals surface area (Å²) in [6.45, 7) is 4.95. The molecule has 4 nitrogen and oxygen atoms in total. The number of benzene rings is 2. The number of hydrogen-bond acceptors (Lipinski definition) is 4. The number of carbonyl (C=O) groups is 2. The summed E-state index contributed by atoms with van der Waals surface area (Å²) in [5.41, 5.74) is 2.82. The van der Waals surface area contributed by atoms with Crippen molar-refractivity contribution < 1.29 is 9.59 Å². The van der Waals surface area contributed by atoms with E-state index in [-0.39, 0.29) is 17.7 Å². The summed E-state index contributed by atoms with van der Waals surface area (Å²) in [6, 6.07) is 15.0. The maximum Gasteiger partial charge on any atom is 0.267 e. The Labute approximate surface area is 184 Å². The zero-order valence-electron chi connectivity index (χ0n) is 16.0. The van der Waals surface area contributed by atoms with E-state index in [1.165, 1.54) is 11.8 Å². The topological polar surface area (TPSA) is 40.6 Å². The minimum Gasteiger partial charge on any atom is -0.303 e. The number of nitrogens with zero attached hydrogens (tertiary/aromatic N) is 2. The minimum absolute atomic E-state index is 0.188. The smallest absolute Gasteiger partial charge is 0.267 e. The van der Waals surface area contributed by atoms with Gasteiger partial charge in [0.2, 0.25) is 0 Å². The van der Waals surface area contributed by atoms with E-state index in [1.807, 2.05) is 56.3 Å². The fourth-order valence-corrected chi connectivity index (χ4v) is 5.07. The summed E-state index contributed by atoms with van der Waals surface area (Å²) >= 11 is 13.0. The SMILES string of the molecule is CC(C)CN1C(=O)/C(=C2/C(=O)N(Cc3ccccc3Cl)c3ccccc32)SC1=S. The number of carbonyl (C=O) groups excluding carboxylic acids is 2. The van der Waals surface area contributed by atoms with Gasteiger partial charge in [-0.25, -0.2) is 0 Å². The molecule has 0 aromatic heterocycles. The molecule has 2 amide bonds. The van der Waals surface area contributed by atoms with Gasteiger partial charge in [0.05, 0.1) is 22.7 Å². The Bertz CT molecular complexity index is 1060. The Morgan fingerprint density at radius 3 is 2.41 bits per heavy atom. The molecule has 29 heavy (non-hydrogen) atoms. The number of halogens is 1. The second kappa shape index (κ2) is 7.94. The number of fused-ring (bicyclic) bond motifs is 1. The second-order valence-corrected chi connectivity index (χ2v) is 9.43. The lowest BCUT2D eigenvalue weighted by molar-refractivity contribution is -0.122. The van der Waals surface area contributed by atoms with Gasteiger partial charge in [0.25, 0.3) is 11.8 Å². The quantitative estimate of drug-likeness (QED) is 0.487. The fourth-order valence-electron chi connectivity index (χ4n) is 3.53. The van der Waals surface area contributed by atoms with Crippen LogP contribution in [0.25, 0.3) is 5.57 Å². The third kappa shape index (κ3) is 3.61. The summed E-state index contributed by atoms with van der Waals surface area (Å²) < 4.78 is 0.501. The zero-order chi connectivity index (χ0) is 20.7. The van der Waals surface area contributed by atoms with Crippen LogP contribution in [0.1, 0.15) is 25.0 Å². The molecular formula is C22H19ClN2O2S2. The third-order valence-electron chi connectivity index (χ3n) is 4.83. The highest BCUT2D eigenvalue weighted by molar-refractivity contribution is 8.26. The van der Waals surface area contributed by atoms with Gasteiger partial charge >= 0.3 is 0 Å². The first-order valence-electron chi connectivity index (χ1n) is 9.31. The van der Waals surface area contributed by atoms with Gasteiger partial charge in [-0.15, -0.1) is 0 Å². The molecule has 0 aliphatic carbocycles. The zero-order valence-corrected chi connectivity index (χ0v) is 18.4. The van der Waals surface area contributed by atoms with Crippen LogP contribution in [0.15, 0.2) is 53.4 Å². The number of hydrogen-bond donors (Lipinski definition) is 0. The molecule has 2 aromatic carbocycles. The standard InChI is InChI=1S/C22H19ClN2O2S2/c1-13(2)11-25-21(27)19(29-22(25)28)18-15-8-4-6-10-17(15)24(20(18)26)12-14-7-3-5-9-16(14)23/h3-10,13H,11-12H2,1-2H3/b19-18-. The molecular weight excluding hydrogens is 424 g/mol. The first-order valence-corrected chi connectivity index (χ1v) is 10.9. The molecule has 4 rings (SSSR count). The monoisotopic (exact) mass is 442 g/mol. The normalized spacial score (nSPS) is 19.0. The van der Waals surface area contributed by atoms with Crippen molar-refractivity contribution in [3.63, 3.8) is 0 Å². The number of thioether (sulfide) groups is 1. The van der Waals surface area contributed by atoms with Crippen LogP contribution < -0.4 is 4.90 Å². The highest BCUT2D eigenvalue weighted by Crippen LogP contribution is 2.45. The van der Waals surface area contributed by atoms with E-state index >= 15 is 0 Å². The second-order valence-electron chi connectivity index (χ2n) is 7.38. The molecule has 148 valence electrons. The van der Waals surface area contributed by atoms with E-state index < -0.39 is 0 Å². The van der Waals surface area contributed by atoms with Crippen LogP contribution >= 0.6 is 35.6 Å². The van der Waals surface area contributed by atoms with Crippen molar-refractivity contribution in [2.45, 2.75) is 20.4 Å². The van der Waals surface area contributed by atoms with Gasteiger partial charge in [-0.05, 0) is 23.6 Å². The van der Waals surface area contributed by atoms with Crippen molar-refractivity contribution in [3.8, 4) is 0 Å². The predicted molar refractivity (Wildman–Crippen MR) is 123 cm³/mol. The van der Waals surface area contributed by atoms with Gasteiger partial charge in [-0.2, -0.15) is 0 Å². The molecule has 0 unspecified atom stereocenters. The molecule has 0 bridgehead atoms.